The molecule has 0 radical (unpaired) electrons. The zero-order valence-electron chi connectivity index (χ0n) is 17.7. The third-order valence-corrected chi connectivity index (χ3v) is 6.29. The molecule has 1 heterocycles. The number of Topliss-reactive ketones (excluding diaryl/α,β-unsaturated/α-hetero) is 1. The van der Waals surface area contributed by atoms with E-state index < -0.39 is 5.92 Å². The maximum Gasteiger partial charge on any atom is 0.205 e. The minimum absolute atomic E-state index is 0.0253. The summed E-state index contributed by atoms with van der Waals surface area (Å²) in [6.07, 6.45) is 0.932. The van der Waals surface area contributed by atoms with Crippen LogP contribution in [0.4, 0.5) is 0 Å². The van der Waals surface area contributed by atoms with Crippen LogP contribution >= 0.6 is 23.2 Å². The van der Waals surface area contributed by atoms with Crippen LogP contribution in [0.1, 0.15) is 43.7 Å². The second-order valence-electron chi connectivity index (χ2n) is 8.76. The van der Waals surface area contributed by atoms with Crippen LogP contribution < -0.4 is 10.5 Å². The van der Waals surface area contributed by atoms with Gasteiger partial charge in [-0.15, -0.1) is 0 Å². The molecule has 0 saturated heterocycles. The van der Waals surface area contributed by atoms with Crippen molar-refractivity contribution >= 4 is 29.0 Å². The Hall–Kier alpha value is -2.94. The normalized spacial score (nSPS) is 19.8. The number of allylic oxidation sites excluding steroid dienone is 3. The first-order chi connectivity index (χ1) is 15.2. The van der Waals surface area contributed by atoms with E-state index in [0.717, 1.165) is 5.56 Å². The van der Waals surface area contributed by atoms with Crippen molar-refractivity contribution in [3.05, 3.63) is 86.4 Å². The number of nitriles is 1. The molecule has 164 valence electrons. The standard InChI is InChI=1S/C25H22Cl2N2O3/c1-25(2)10-19(30)23-21(11-25)32-24(29)17(12-28)22(23)16-5-3-4-6-20(16)31-13-14-7-8-15(26)9-18(14)27/h3-9,22H,10-11,13,29H2,1-2H3. The number of ether oxygens (including phenoxy) is 2. The molecule has 1 atom stereocenters. The third kappa shape index (κ3) is 4.21. The van der Waals surface area contributed by atoms with Crippen molar-refractivity contribution < 1.29 is 14.3 Å². The molecule has 1 unspecified atom stereocenters. The van der Waals surface area contributed by atoms with Gasteiger partial charge in [0.05, 0.1) is 5.92 Å². The van der Waals surface area contributed by atoms with E-state index in [1.807, 2.05) is 32.0 Å². The average molecular weight is 469 g/mol. The number of hydrogen-bond donors (Lipinski definition) is 1. The van der Waals surface area contributed by atoms with E-state index >= 15 is 0 Å². The molecule has 0 saturated carbocycles. The molecule has 0 bridgehead atoms. The van der Waals surface area contributed by atoms with Crippen molar-refractivity contribution in [3.63, 3.8) is 0 Å². The number of halogens is 2. The monoisotopic (exact) mass is 468 g/mol. The first-order valence-electron chi connectivity index (χ1n) is 10.2. The van der Waals surface area contributed by atoms with Crippen molar-refractivity contribution in [2.24, 2.45) is 11.1 Å². The van der Waals surface area contributed by atoms with Crippen molar-refractivity contribution in [1.82, 2.24) is 0 Å². The Morgan fingerprint density at radius 3 is 2.69 bits per heavy atom. The Kier molecular flexibility index (Phi) is 5.94. The van der Waals surface area contributed by atoms with Crippen LogP contribution in [0.5, 0.6) is 5.75 Å². The van der Waals surface area contributed by atoms with Crippen LogP contribution in [0.25, 0.3) is 0 Å². The van der Waals surface area contributed by atoms with E-state index in [9.17, 15) is 10.1 Å². The number of para-hydroxylation sites is 1. The number of ketones is 1. The molecule has 0 amide bonds. The van der Waals surface area contributed by atoms with E-state index in [0.29, 0.717) is 45.5 Å². The van der Waals surface area contributed by atoms with Crippen molar-refractivity contribution in [1.29, 1.82) is 5.26 Å². The molecule has 2 aliphatic rings. The van der Waals surface area contributed by atoms with E-state index in [1.165, 1.54) is 0 Å². The lowest BCUT2D eigenvalue weighted by molar-refractivity contribution is -0.119. The van der Waals surface area contributed by atoms with Gasteiger partial charge in [-0.05, 0) is 23.6 Å². The van der Waals surface area contributed by atoms with Gasteiger partial charge in [0.1, 0.15) is 29.8 Å². The maximum absolute atomic E-state index is 13.2. The van der Waals surface area contributed by atoms with Gasteiger partial charge < -0.3 is 15.2 Å². The summed E-state index contributed by atoms with van der Waals surface area (Å²) in [6.45, 7) is 4.23. The van der Waals surface area contributed by atoms with Crippen LogP contribution in [0.15, 0.2) is 65.3 Å². The van der Waals surface area contributed by atoms with Crippen molar-refractivity contribution in [2.45, 2.75) is 39.2 Å². The first-order valence-corrected chi connectivity index (χ1v) is 11.0. The van der Waals surface area contributed by atoms with Crippen LogP contribution in [0.2, 0.25) is 10.0 Å². The quantitative estimate of drug-likeness (QED) is 0.592. The van der Waals surface area contributed by atoms with Gasteiger partial charge in [0.15, 0.2) is 5.78 Å². The molecule has 2 N–H and O–H groups in total. The SMILES string of the molecule is CC1(C)CC(=O)C2=C(C1)OC(N)=C(C#N)C2c1ccccc1OCc1ccc(Cl)cc1Cl. The smallest absolute Gasteiger partial charge is 0.205 e. The average Bonchev–Trinajstić information content (AvgIpc) is 2.71. The van der Waals surface area contributed by atoms with Gasteiger partial charge in [-0.3, -0.25) is 4.79 Å². The molecular formula is C25H22Cl2N2O3. The number of hydrogen-bond acceptors (Lipinski definition) is 5. The highest BCUT2D eigenvalue weighted by Crippen LogP contribution is 2.49. The van der Waals surface area contributed by atoms with Gasteiger partial charge >= 0.3 is 0 Å². The number of rotatable bonds is 4. The van der Waals surface area contributed by atoms with Gasteiger partial charge in [-0.1, -0.05) is 61.3 Å². The summed E-state index contributed by atoms with van der Waals surface area (Å²) in [4.78, 5) is 13.2. The topological polar surface area (TPSA) is 85.3 Å². The number of nitrogens with two attached hydrogens (primary N) is 1. The first kappa shape index (κ1) is 22.3. The number of benzene rings is 2. The second kappa shape index (κ2) is 8.54. The molecule has 1 aliphatic carbocycles. The van der Waals surface area contributed by atoms with Gasteiger partial charge in [0.2, 0.25) is 5.88 Å². The van der Waals surface area contributed by atoms with Crippen molar-refractivity contribution in [3.8, 4) is 11.8 Å². The summed E-state index contributed by atoms with van der Waals surface area (Å²) in [7, 11) is 0. The highest BCUT2D eigenvalue weighted by atomic mass is 35.5. The Bertz CT molecular complexity index is 1210. The Balaban J connectivity index is 1.76. The second-order valence-corrected chi connectivity index (χ2v) is 9.61. The summed E-state index contributed by atoms with van der Waals surface area (Å²) in [5, 5.41) is 10.9. The van der Waals surface area contributed by atoms with Crippen LogP contribution in [0, 0.1) is 16.7 Å². The predicted octanol–water partition coefficient (Wildman–Crippen LogP) is 6.02. The highest BCUT2D eigenvalue weighted by Gasteiger charge is 2.43. The zero-order valence-corrected chi connectivity index (χ0v) is 19.3. The van der Waals surface area contributed by atoms with E-state index in [1.54, 1.807) is 24.3 Å². The molecule has 4 rings (SSSR count). The van der Waals surface area contributed by atoms with E-state index in [2.05, 4.69) is 6.07 Å². The summed E-state index contributed by atoms with van der Waals surface area (Å²) in [5.74, 6) is 0.400. The molecule has 32 heavy (non-hydrogen) atoms. The molecule has 0 fully saturated rings. The van der Waals surface area contributed by atoms with Crippen molar-refractivity contribution in [2.75, 3.05) is 0 Å². The lowest BCUT2D eigenvalue weighted by atomic mass is 9.70. The molecule has 0 aromatic heterocycles. The number of nitrogens with zero attached hydrogens (tertiary/aromatic N) is 1. The molecule has 7 heteroatoms. The molecule has 0 spiro atoms. The fourth-order valence-corrected chi connectivity index (χ4v) is 4.70. The van der Waals surface area contributed by atoms with Gasteiger partial charge in [-0.2, -0.15) is 5.26 Å². The molecular weight excluding hydrogens is 447 g/mol. The Morgan fingerprint density at radius 1 is 1.22 bits per heavy atom. The summed E-state index contributed by atoms with van der Waals surface area (Å²) in [6, 6.07) is 14.7. The minimum atomic E-state index is -0.649. The summed E-state index contributed by atoms with van der Waals surface area (Å²) < 4.78 is 11.9. The third-order valence-electron chi connectivity index (χ3n) is 5.70. The highest BCUT2D eigenvalue weighted by molar-refractivity contribution is 6.35. The Labute approximate surface area is 197 Å². The fourth-order valence-electron chi connectivity index (χ4n) is 4.24. The fraction of sp³-hybridized carbons (Fsp3) is 0.280. The predicted molar refractivity (Wildman–Crippen MR) is 123 cm³/mol. The van der Waals surface area contributed by atoms with Crippen LogP contribution in [-0.4, -0.2) is 5.78 Å². The minimum Gasteiger partial charge on any atom is -0.489 e. The van der Waals surface area contributed by atoms with Crippen LogP contribution in [0.3, 0.4) is 0 Å². The van der Waals surface area contributed by atoms with Crippen LogP contribution in [-0.2, 0) is 16.1 Å². The van der Waals surface area contributed by atoms with Gasteiger partial charge in [-0.25, -0.2) is 0 Å². The van der Waals surface area contributed by atoms with Gasteiger partial charge in [0, 0.05) is 39.6 Å². The number of carbonyl (C=O) groups is 1. The lowest BCUT2D eigenvalue weighted by Gasteiger charge is -2.37. The molecule has 2 aromatic rings. The largest absolute Gasteiger partial charge is 0.489 e. The number of carbonyl (C=O) groups excluding carboxylic acids is 1. The summed E-state index contributed by atoms with van der Waals surface area (Å²) >= 11 is 12.3. The maximum atomic E-state index is 13.2. The zero-order chi connectivity index (χ0) is 23.0. The lowest BCUT2D eigenvalue weighted by Crippen LogP contribution is -2.33. The van der Waals surface area contributed by atoms with E-state index in [4.69, 9.17) is 38.4 Å². The Morgan fingerprint density at radius 2 is 1.97 bits per heavy atom. The molecule has 5 nitrogen and oxygen atoms in total. The molecule has 2 aromatic carbocycles. The molecule has 1 aliphatic heterocycles. The summed E-state index contributed by atoms with van der Waals surface area (Å²) in [5.41, 5.74) is 8.02. The van der Waals surface area contributed by atoms with E-state index in [-0.39, 0.29) is 29.3 Å². The van der Waals surface area contributed by atoms with Gasteiger partial charge in [0.25, 0.3) is 0 Å².